The van der Waals surface area contributed by atoms with Crippen LogP contribution in [0, 0.1) is 6.92 Å². The van der Waals surface area contributed by atoms with Crippen molar-refractivity contribution in [2.24, 2.45) is 0 Å². The Morgan fingerprint density at radius 3 is 2.48 bits per heavy atom. The molecule has 0 radical (unpaired) electrons. The second-order valence-corrected chi connectivity index (χ2v) is 6.30. The second-order valence-electron chi connectivity index (χ2n) is 6.30. The zero-order valence-electron chi connectivity index (χ0n) is 15.1. The lowest BCUT2D eigenvalue weighted by atomic mass is 10.1. The fourth-order valence-electron chi connectivity index (χ4n) is 2.90. The predicted octanol–water partition coefficient (Wildman–Crippen LogP) is 1.75. The van der Waals surface area contributed by atoms with Gasteiger partial charge in [0, 0.05) is 12.6 Å². The van der Waals surface area contributed by atoms with Gasteiger partial charge in [-0.1, -0.05) is 48.0 Å². The quantitative estimate of drug-likeness (QED) is 0.736. The molecule has 0 aliphatic rings. The fourth-order valence-corrected chi connectivity index (χ4v) is 2.90. The number of carbonyl (C=O) groups excluding carboxylic acids is 1. The van der Waals surface area contributed by atoms with Gasteiger partial charge in [-0.05, 0) is 24.6 Å². The predicted molar refractivity (Wildman–Crippen MR) is 105 cm³/mol. The number of aryl methyl sites for hydroxylation is 1. The number of hydrogen-bond donors (Lipinski definition) is 2. The van der Waals surface area contributed by atoms with E-state index >= 15 is 0 Å². The molecule has 0 spiro atoms. The number of nitrogens with one attached hydrogen (secondary N) is 1. The Kier molecular flexibility index (Phi) is 4.94. The SMILES string of the molecule is Cc1cccc(C(=O)N(C)c2c(N)n(Cc3ccccc3)c(=O)[nH]c2=O)c1. The molecule has 138 valence electrons. The second kappa shape index (κ2) is 7.33. The van der Waals surface area contributed by atoms with Crippen molar-refractivity contribution in [3.63, 3.8) is 0 Å². The third kappa shape index (κ3) is 3.67. The Morgan fingerprint density at radius 1 is 1.11 bits per heavy atom. The van der Waals surface area contributed by atoms with Crippen LogP contribution in [0.15, 0.2) is 64.2 Å². The minimum absolute atomic E-state index is 0.0583. The number of rotatable bonds is 4. The van der Waals surface area contributed by atoms with Gasteiger partial charge in [0.05, 0.1) is 6.54 Å². The number of benzene rings is 2. The van der Waals surface area contributed by atoms with Crippen molar-refractivity contribution in [3.05, 3.63) is 92.1 Å². The van der Waals surface area contributed by atoms with E-state index in [0.717, 1.165) is 11.1 Å². The summed E-state index contributed by atoms with van der Waals surface area (Å²) in [5.41, 5.74) is 6.94. The number of nitrogens with zero attached hydrogens (tertiary/aromatic N) is 2. The Bertz CT molecular complexity index is 1100. The monoisotopic (exact) mass is 364 g/mol. The van der Waals surface area contributed by atoms with E-state index in [1.54, 1.807) is 18.2 Å². The lowest BCUT2D eigenvalue weighted by molar-refractivity contribution is 0.0992. The van der Waals surface area contributed by atoms with Crippen LogP contribution in [0.25, 0.3) is 0 Å². The van der Waals surface area contributed by atoms with Gasteiger partial charge in [0.15, 0.2) is 5.69 Å². The summed E-state index contributed by atoms with van der Waals surface area (Å²) in [7, 11) is 1.46. The number of aromatic amines is 1. The molecule has 0 fully saturated rings. The van der Waals surface area contributed by atoms with Crippen LogP contribution in [0.2, 0.25) is 0 Å². The van der Waals surface area contributed by atoms with Crippen molar-refractivity contribution >= 4 is 17.4 Å². The van der Waals surface area contributed by atoms with E-state index in [9.17, 15) is 14.4 Å². The van der Waals surface area contributed by atoms with Crippen molar-refractivity contribution in [2.45, 2.75) is 13.5 Å². The standard InChI is InChI=1S/C20H20N4O3/c1-13-7-6-10-15(11-13)19(26)23(2)16-17(21)24(20(27)22-18(16)25)12-14-8-4-3-5-9-14/h3-11H,12,21H2,1-2H3,(H,22,25,27). The van der Waals surface area contributed by atoms with E-state index < -0.39 is 11.2 Å². The van der Waals surface area contributed by atoms with Gasteiger partial charge in [-0.3, -0.25) is 19.1 Å². The lowest BCUT2D eigenvalue weighted by Crippen LogP contribution is -2.39. The molecule has 1 amide bonds. The maximum Gasteiger partial charge on any atom is 0.330 e. The number of nitrogens with two attached hydrogens (primary N) is 1. The number of carbonyl (C=O) groups is 1. The van der Waals surface area contributed by atoms with Gasteiger partial charge in [-0.15, -0.1) is 0 Å². The normalized spacial score (nSPS) is 10.6. The van der Waals surface area contributed by atoms with Gasteiger partial charge in [-0.25, -0.2) is 4.79 Å². The first-order valence-electron chi connectivity index (χ1n) is 8.39. The van der Waals surface area contributed by atoms with Crippen molar-refractivity contribution in [2.75, 3.05) is 17.7 Å². The number of hydrogen-bond acceptors (Lipinski definition) is 4. The molecular weight excluding hydrogens is 344 g/mol. The number of H-pyrrole nitrogens is 1. The van der Waals surface area contributed by atoms with Crippen LogP contribution in [-0.4, -0.2) is 22.5 Å². The van der Waals surface area contributed by atoms with Gasteiger partial charge in [-0.2, -0.15) is 0 Å². The molecule has 7 nitrogen and oxygen atoms in total. The minimum atomic E-state index is -0.703. The van der Waals surface area contributed by atoms with Gasteiger partial charge < -0.3 is 10.6 Å². The van der Waals surface area contributed by atoms with E-state index in [1.165, 1.54) is 16.5 Å². The molecule has 2 aromatic carbocycles. The van der Waals surface area contributed by atoms with Crippen molar-refractivity contribution in [1.82, 2.24) is 9.55 Å². The number of aromatic nitrogens is 2. The molecule has 0 atom stereocenters. The molecule has 3 rings (SSSR count). The summed E-state index contributed by atoms with van der Waals surface area (Å²) < 4.78 is 1.24. The third-order valence-electron chi connectivity index (χ3n) is 4.30. The fraction of sp³-hybridized carbons (Fsp3) is 0.150. The molecule has 0 aliphatic heterocycles. The minimum Gasteiger partial charge on any atom is -0.383 e. The summed E-state index contributed by atoms with van der Waals surface area (Å²) in [6.45, 7) is 2.06. The van der Waals surface area contributed by atoms with Gasteiger partial charge in [0.2, 0.25) is 0 Å². The number of anilines is 2. The summed E-state index contributed by atoms with van der Waals surface area (Å²) in [6, 6.07) is 16.3. The van der Waals surface area contributed by atoms with Crippen LogP contribution in [0.1, 0.15) is 21.5 Å². The zero-order valence-corrected chi connectivity index (χ0v) is 15.1. The van der Waals surface area contributed by atoms with Crippen LogP contribution >= 0.6 is 0 Å². The molecule has 1 aromatic heterocycles. The molecule has 7 heteroatoms. The van der Waals surface area contributed by atoms with Crippen molar-refractivity contribution in [3.8, 4) is 0 Å². The number of amides is 1. The van der Waals surface area contributed by atoms with Crippen LogP contribution in [-0.2, 0) is 6.54 Å². The van der Waals surface area contributed by atoms with E-state index in [-0.39, 0.29) is 24.0 Å². The summed E-state index contributed by atoms with van der Waals surface area (Å²) in [5.74, 6) is -0.447. The van der Waals surface area contributed by atoms with E-state index in [1.807, 2.05) is 43.3 Å². The smallest absolute Gasteiger partial charge is 0.330 e. The van der Waals surface area contributed by atoms with Crippen molar-refractivity contribution < 1.29 is 4.79 Å². The average molecular weight is 364 g/mol. The van der Waals surface area contributed by atoms with E-state index in [0.29, 0.717) is 5.56 Å². The van der Waals surface area contributed by atoms with E-state index in [2.05, 4.69) is 4.98 Å². The van der Waals surface area contributed by atoms with Crippen LogP contribution < -0.4 is 21.9 Å². The maximum atomic E-state index is 12.8. The molecule has 3 aromatic rings. The molecule has 0 saturated heterocycles. The molecule has 1 heterocycles. The Hall–Kier alpha value is -3.61. The van der Waals surface area contributed by atoms with Crippen LogP contribution in [0.4, 0.5) is 11.5 Å². The largest absolute Gasteiger partial charge is 0.383 e. The highest BCUT2D eigenvalue weighted by Crippen LogP contribution is 2.19. The Morgan fingerprint density at radius 2 is 1.81 bits per heavy atom. The third-order valence-corrected chi connectivity index (χ3v) is 4.30. The van der Waals surface area contributed by atoms with Crippen LogP contribution in [0.5, 0.6) is 0 Å². The highest BCUT2D eigenvalue weighted by Gasteiger charge is 2.22. The molecule has 27 heavy (non-hydrogen) atoms. The maximum absolute atomic E-state index is 12.8. The summed E-state index contributed by atoms with van der Waals surface area (Å²) in [5, 5.41) is 0. The first kappa shape index (κ1) is 18.2. The highest BCUT2D eigenvalue weighted by atomic mass is 16.2. The molecule has 0 saturated carbocycles. The molecular formula is C20H20N4O3. The summed E-state index contributed by atoms with van der Waals surface area (Å²) in [4.78, 5) is 40.8. The van der Waals surface area contributed by atoms with Gasteiger partial charge >= 0.3 is 5.69 Å². The van der Waals surface area contributed by atoms with Crippen LogP contribution in [0.3, 0.4) is 0 Å². The summed E-state index contributed by atoms with van der Waals surface area (Å²) >= 11 is 0. The first-order valence-corrected chi connectivity index (χ1v) is 8.39. The molecule has 0 aliphatic carbocycles. The van der Waals surface area contributed by atoms with Crippen molar-refractivity contribution in [1.29, 1.82) is 0 Å². The number of nitrogen functional groups attached to an aromatic ring is 1. The molecule has 3 N–H and O–H groups in total. The van der Waals surface area contributed by atoms with E-state index in [4.69, 9.17) is 5.73 Å². The lowest BCUT2D eigenvalue weighted by Gasteiger charge is -2.20. The Labute approximate surface area is 155 Å². The van der Waals surface area contributed by atoms with Gasteiger partial charge in [0.25, 0.3) is 11.5 Å². The average Bonchev–Trinajstić information content (AvgIpc) is 2.65. The summed E-state index contributed by atoms with van der Waals surface area (Å²) in [6.07, 6.45) is 0. The Balaban J connectivity index is 2.05. The first-order chi connectivity index (χ1) is 12.9. The highest BCUT2D eigenvalue weighted by molar-refractivity contribution is 6.06. The topological polar surface area (TPSA) is 101 Å². The molecule has 0 bridgehead atoms. The molecule has 0 unspecified atom stereocenters. The van der Waals surface area contributed by atoms with Gasteiger partial charge in [0.1, 0.15) is 5.82 Å². The zero-order chi connectivity index (χ0) is 19.6.